The molecule has 0 radical (unpaired) electrons. The number of ether oxygens (including phenoxy) is 1. The van der Waals surface area contributed by atoms with Crippen molar-refractivity contribution in [2.45, 2.75) is 20.3 Å². The highest BCUT2D eigenvalue weighted by Gasteiger charge is 2.24. The third kappa shape index (κ3) is 3.35. The van der Waals surface area contributed by atoms with Gasteiger partial charge < -0.3 is 9.64 Å². The molecule has 1 unspecified atom stereocenters. The number of pyridine rings is 1. The molecule has 3 nitrogen and oxygen atoms in total. The molecule has 2 heterocycles. The van der Waals surface area contributed by atoms with Crippen molar-refractivity contribution in [1.29, 1.82) is 0 Å². The Kier molecular flexibility index (Phi) is 4.09. The molecule has 0 amide bonds. The van der Waals surface area contributed by atoms with Crippen LogP contribution in [-0.2, 0) is 0 Å². The molecule has 0 bridgehead atoms. The summed E-state index contributed by atoms with van der Waals surface area (Å²) in [5.41, 5.74) is 2.28. The number of rotatable bonds is 4. The molecule has 0 spiro atoms. The lowest BCUT2D eigenvalue weighted by molar-refractivity contribution is 0.259. The number of anilines is 1. The van der Waals surface area contributed by atoms with Crippen LogP contribution in [0, 0.1) is 19.8 Å². The first kappa shape index (κ1) is 13.9. The van der Waals surface area contributed by atoms with Crippen LogP contribution in [0.4, 0.5) is 5.82 Å². The van der Waals surface area contributed by atoms with Crippen LogP contribution in [0.15, 0.2) is 42.5 Å². The highest BCUT2D eigenvalue weighted by molar-refractivity contribution is 5.40. The van der Waals surface area contributed by atoms with Crippen LogP contribution < -0.4 is 9.64 Å². The fourth-order valence-corrected chi connectivity index (χ4v) is 2.81. The number of hydrogen-bond donors (Lipinski definition) is 0. The molecule has 3 rings (SSSR count). The van der Waals surface area contributed by atoms with Gasteiger partial charge in [-0.3, -0.25) is 0 Å². The summed E-state index contributed by atoms with van der Waals surface area (Å²) >= 11 is 0. The quantitative estimate of drug-likeness (QED) is 0.856. The molecule has 21 heavy (non-hydrogen) atoms. The van der Waals surface area contributed by atoms with Crippen molar-refractivity contribution in [2.24, 2.45) is 5.92 Å². The van der Waals surface area contributed by atoms with Crippen molar-refractivity contribution in [2.75, 3.05) is 24.6 Å². The van der Waals surface area contributed by atoms with Crippen molar-refractivity contribution in [3.63, 3.8) is 0 Å². The second kappa shape index (κ2) is 6.17. The molecule has 1 atom stereocenters. The van der Waals surface area contributed by atoms with Crippen LogP contribution >= 0.6 is 0 Å². The van der Waals surface area contributed by atoms with E-state index in [0.717, 1.165) is 37.0 Å². The van der Waals surface area contributed by atoms with Crippen molar-refractivity contribution >= 4 is 5.82 Å². The third-order valence-electron chi connectivity index (χ3n) is 4.05. The van der Waals surface area contributed by atoms with E-state index in [2.05, 4.69) is 35.0 Å². The van der Waals surface area contributed by atoms with E-state index in [0.29, 0.717) is 5.92 Å². The lowest BCUT2D eigenvalue weighted by Gasteiger charge is -2.18. The zero-order valence-corrected chi connectivity index (χ0v) is 12.7. The average molecular weight is 282 g/mol. The van der Waals surface area contributed by atoms with Gasteiger partial charge in [0.2, 0.25) is 0 Å². The first-order valence-corrected chi connectivity index (χ1v) is 7.59. The third-order valence-corrected chi connectivity index (χ3v) is 4.05. The normalized spacial score (nSPS) is 18.0. The molecule has 3 heteroatoms. The molecular formula is C18H22N2O. The van der Waals surface area contributed by atoms with Crippen molar-refractivity contribution in [3.05, 3.63) is 53.7 Å². The molecule has 1 aliphatic heterocycles. The van der Waals surface area contributed by atoms with Gasteiger partial charge in [0.15, 0.2) is 0 Å². The lowest BCUT2D eigenvalue weighted by Crippen LogP contribution is -2.22. The molecule has 1 aliphatic rings. The number of benzene rings is 1. The van der Waals surface area contributed by atoms with Crippen molar-refractivity contribution in [3.8, 4) is 5.75 Å². The second-order valence-electron chi connectivity index (χ2n) is 5.81. The van der Waals surface area contributed by atoms with Gasteiger partial charge in [0.05, 0.1) is 6.61 Å². The minimum absolute atomic E-state index is 0.576. The van der Waals surface area contributed by atoms with E-state index in [1.165, 1.54) is 12.0 Å². The Hall–Kier alpha value is -2.03. The molecule has 1 fully saturated rings. The molecule has 2 aromatic rings. The van der Waals surface area contributed by atoms with Gasteiger partial charge in [0, 0.05) is 24.7 Å². The van der Waals surface area contributed by atoms with Gasteiger partial charge in [-0.2, -0.15) is 0 Å². The highest BCUT2D eigenvalue weighted by Crippen LogP contribution is 2.24. The number of para-hydroxylation sites is 1. The van der Waals surface area contributed by atoms with E-state index in [1.807, 2.05) is 31.2 Å². The van der Waals surface area contributed by atoms with Gasteiger partial charge >= 0.3 is 0 Å². The van der Waals surface area contributed by atoms with Crippen LogP contribution in [-0.4, -0.2) is 24.7 Å². The summed E-state index contributed by atoms with van der Waals surface area (Å²) in [5.74, 6) is 2.67. The summed E-state index contributed by atoms with van der Waals surface area (Å²) in [5, 5.41) is 0. The Balaban J connectivity index is 1.57. The van der Waals surface area contributed by atoms with Crippen LogP contribution in [0.25, 0.3) is 0 Å². The smallest absolute Gasteiger partial charge is 0.128 e. The van der Waals surface area contributed by atoms with Gasteiger partial charge in [-0.05, 0) is 44.0 Å². The van der Waals surface area contributed by atoms with Crippen LogP contribution in [0.3, 0.4) is 0 Å². The summed E-state index contributed by atoms with van der Waals surface area (Å²) < 4.78 is 5.98. The van der Waals surface area contributed by atoms with E-state index < -0.39 is 0 Å². The summed E-state index contributed by atoms with van der Waals surface area (Å²) in [6.45, 7) is 7.01. The van der Waals surface area contributed by atoms with Gasteiger partial charge in [0.1, 0.15) is 11.6 Å². The number of aryl methyl sites for hydroxylation is 2. The zero-order valence-electron chi connectivity index (χ0n) is 12.7. The highest BCUT2D eigenvalue weighted by atomic mass is 16.5. The van der Waals surface area contributed by atoms with Gasteiger partial charge in [-0.15, -0.1) is 0 Å². The van der Waals surface area contributed by atoms with Crippen LogP contribution in [0.1, 0.15) is 17.7 Å². The number of nitrogens with zero attached hydrogens (tertiary/aromatic N) is 2. The molecule has 0 aliphatic carbocycles. The zero-order chi connectivity index (χ0) is 14.7. The van der Waals surface area contributed by atoms with Crippen molar-refractivity contribution < 1.29 is 4.74 Å². The first-order valence-electron chi connectivity index (χ1n) is 7.59. The molecular weight excluding hydrogens is 260 g/mol. The minimum atomic E-state index is 0.576. The Morgan fingerprint density at radius 1 is 1.14 bits per heavy atom. The fourth-order valence-electron chi connectivity index (χ4n) is 2.81. The average Bonchev–Trinajstić information content (AvgIpc) is 2.95. The predicted molar refractivity (Wildman–Crippen MR) is 86.0 cm³/mol. The van der Waals surface area contributed by atoms with E-state index >= 15 is 0 Å². The molecule has 1 aromatic heterocycles. The number of aromatic nitrogens is 1. The Morgan fingerprint density at radius 2 is 2.00 bits per heavy atom. The SMILES string of the molecule is Cc1cccc(N2CCC(COc3ccccc3C)C2)n1. The van der Waals surface area contributed by atoms with E-state index in [4.69, 9.17) is 4.74 Å². The maximum absolute atomic E-state index is 5.98. The second-order valence-corrected chi connectivity index (χ2v) is 5.81. The summed E-state index contributed by atoms with van der Waals surface area (Å²) in [6.07, 6.45) is 1.17. The standard InChI is InChI=1S/C18H22N2O/c1-14-6-3-4-8-17(14)21-13-16-10-11-20(12-16)18-9-5-7-15(2)19-18/h3-9,16H,10-13H2,1-2H3. The van der Waals surface area contributed by atoms with Crippen molar-refractivity contribution in [1.82, 2.24) is 4.98 Å². The molecule has 0 N–H and O–H groups in total. The predicted octanol–water partition coefficient (Wildman–Crippen LogP) is 3.60. The first-order chi connectivity index (χ1) is 10.2. The maximum Gasteiger partial charge on any atom is 0.128 e. The minimum Gasteiger partial charge on any atom is -0.493 e. The Labute approximate surface area is 126 Å². The molecule has 0 saturated carbocycles. The van der Waals surface area contributed by atoms with Gasteiger partial charge in [-0.1, -0.05) is 24.3 Å². The Bertz CT molecular complexity index is 612. The summed E-state index contributed by atoms with van der Waals surface area (Å²) in [6, 6.07) is 14.4. The van der Waals surface area contributed by atoms with Gasteiger partial charge in [0.25, 0.3) is 0 Å². The van der Waals surface area contributed by atoms with Crippen LogP contribution in [0.2, 0.25) is 0 Å². The summed E-state index contributed by atoms with van der Waals surface area (Å²) in [4.78, 5) is 6.97. The van der Waals surface area contributed by atoms with Crippen LogP contribution in [0.5, 0.6) is 5.75 Å². The molecule has 110 valence electrons. The fraction of sp³-hybridized carbons (Fsp3) is 0.389. The van der Waals surface area contributed by atoms with Gasteiger partial charge in [-0.25, -0.2) is 4.98 Å². The topological polar surface area (TPSA) is 25.4 Å². The van der Waals surface area contributed by atoms with E-state index in [-0.39, 0.29) is 0 Å². The molecule has 1 aromatic carbocycles. The monoisotopic (exact) mass is 282 g/mol. The Morgan fingerprint density at radius 3 is 2.81 bits per heavy atom. The molecule has 1 saturated heterocycles. The number of hydrogen-bond acceptors (Lipinski definition) is 3. The largest absolute Gasteiger partial charge is 0.493 e. The van der Waals surface area contributed by atoms with E-state index in [1.54, 1.807) is 0 Å². The maximum atomic E-state index is 5.98. The summed E-state index contributed by atoms with van der Waals surface area (Å²) in [7, 11) is 0. The van der Waals surface area contributed by atoms with E-state index in [9.17, 15) is 0 Å². The lowest BCUT2D eigenvalue weighted by atomic mass is 10.1.